The Morgan fingerprint density at radius 1 is 1.19 bits per heavy atom. The van der Waals surface area contributed by atoms with E-state index in [1.165, 1.54) is 19.3 Å². The lowest BCUT2D eigenvalue weighted by molar-refractivity contribution is -0.165. The van der Waals surface area contributed by atoms with Gasteiger partial charge in [-0.15, -0.1) is 0 Å². The summed E-state index contributed by atoms with van der Waals surface area (Å²) in [4.78, 5) is 27.5. The molecule has 5 rings (SSSR count). The van der Waals surface area contributed by atoms with E-state index in [9.17, 15) is 9.59 Å². The first kappa shape index (κ1) is 21.7. The fourth-order valence-corrected chi connectivity index (χ4v) is 6.45. The second-order valence-corrected chi connectivity index (χ2v) is 9.78. The molecular weight excluding hydrogens is 392 g/mol. The third kappa shape index (κ3) is 4.71. The van der Waals surface area contributed by atoms with E-state index in [1.54, 1.807) is 13.0 Å². The number of benzene rings is 1. The molecular formula is C25H32N2O4. The minimum atomic E-state index is -0.804. The normalized spacial score (nSPS) is 29.1. The summed E-state index contributed by atoms with van der Waals surface area (Å²) in [5.41, 5.74) is 0.885. The van der Waals surface area contributed by atoms with E-state index in [4.69, 9.17) is 14.7 Å². The van der Waals surface area contributed by atoms with Crippen LogP contribution in [-0.4, -0.2) is 41.6 Å². The van der Waals surface area contributed by atoms with Gasteiger partial charge in [0.05, 0.1) is 12.5 Å². The van der Waals surface area contributed by atoms with Crippen molar-refractivity contribution >= 4 is 11.9 Å². The smallest absolute Gasteiger partial charge is 0.347 e. The van der Waals surface area contributed by atoms with Gasteiger partial charge in [0.1, 0.15) is 5.75 Å². The lowest BCUT2D eigenvalue weighted by Crippen LogP contribution is -2.62. The molecule has 4 aliphatic carbocycles. The Hall–Kier alpha value is -2.55. The van der Waals surface area contributed by atoms with Crippen LogP contribution in [0.5, 0.6) is 5.75 Å². The molecule has 0 spiro atoms. The van der Waals surface area contributed by atoms with Crippen LogP contribution in [0, 0.1) is 36.0 Å². The van der Waals surface area contributed by atoms with E-state index in [2.05, 4.69) is 6.07 Å². The van der Waals surface area contributed by atoms with E-state index < -0.39 is 12.1 Å². The van der Waals surface area contributed by atoms with Gasteiger partial charge in [0, 0.05) is 12.1 Å². The second-order valence-electron chi connectivity index (χ2n) is 9.78. The number of carbonyl (C=O) groups excluding carboxylic acids is 2. The average molecular weight is 425 g/mol. The molecule has 4 saturated carbocycles. The highest BCUT2D eigenvalue weighted by Crippen LogP contribution is 2.57. The number of nitriles is 1. The minimum Gasteiger partial charge on any atom is -0.479 e. The molecule has 0 heterocycles. The number of hydrogen-bond donors (Lipinski definition) is 0. The van der Waals surface area contributed by atoms with Gasteiger partial charge in [0.2, 0.25) is 0 Å². The summed E-state index contributed by atoms with van der Waals surface area (Å²) in [6.07, 6.45) is 6.41. The first-order valence-corrected chi connectivity index (χ1v) is 11.5. The molecule has 1 aromatic rings. The molecule has 0 unspecified atom stereocenters. The predicted molar refractivity (Wildman–Crippen MR) is 115 cm³/mol. The Bertz CT molecular complexity index is 839. The van der Waals surface area contributed by atoms with Gasteiger partial charge in [0.25, 0.3) is 5.91 Å². The van der Waals surface area contributed by atoms with Gasteiger partial charge in [-0.25, -0.2) is 4.79 Å². The van der Waals surface area contributed by atoms with Gasteiger partial charge in [-0.1, -0.05) is 12.1 Å². The molecule has 0 aliphatic heterocycles. The van der Waals surface area contributed by atoms with Crippen LogP contribution in [0.15, 0.2) is 24.3 Å². The zero-order valence-corrected chi connectivity index (χ0v) is 18.5. The number of hydrogen-bond acceptors (Lipinski definition) is 5. The van der Waals surface area contributed by atoms with E-state index in [-0.39, 0.29) is 18.1 Å². The maximum Gasteiger partial charge on any atom is 0.347 e. The summed E-state index contributed by atoms with van der Waals surface area (Å²) in [7, 11) is 0. The van der Waals surface area contributed by atoms with Crippen molar-refractivity contribution in [3.63, 3.8) is 0 Å². The van der Waals surface area contributed by atoms with Gasteiger partial charge in [-0.05, 0) is 87.8 Å². The van der Waals surface area contributed by atoms with Crippen LogP contribution < -0.4 is 4.74 Å². The third-order valence-corrected chi connectivity index (χ3v) is 7.30. The molecule has 4 bridgehead atoms. The van der Waals surface area contributed by atoms with Crippen molar-refractivity contribution in [1.29, 1.82) is 5.26 Å². The topological polar surface area (TPSA) is 79.6 Å². The Labute approximate surface area is 184 Å². The Kier molecular flexibility index (Phi) is 6.22. The van der Waals surface area contributed by atoms with Crippen LogP contribution in [0.3, 0.4) is 0 Å². The second kappa shape index (κ2) is 8.90. The maximum absolute atomic E-state index is 13.2. The molecule has 6 nitrogen and oxygen atoms in total. The molecule has 4 aliphatic rings. The molecule has 4 fully saturated rings. The molecule has 0 aromatic heterocycles. The maximum atomic E-state index is 13.2. The number of amides is 1. The van der Waals surface area contributed by atoms with E-state index in [0.717, 1.165) is 24.8 Å². The van der Waals surface area contributed by atoms with E-state index in [1.807, 2.05) is 30.0 Å². The Morgan fingerprint density at radius 3 is 2.42 bits per heavy atom. The summed E-state index contributed by atoms with van der Waals surface area (Å²) in [6, 6.07) is 9.64. The highest BCUT2D eigenvalue weighted by Gasteiger charge is 2.54. The van der Waals surface area contributed by atoms with E-state index >= 15 is 0 Å². The van der Waals surface area contributed by atoms with Gasteiger partial charge in [-0.3, -0.25) is 4.79 Å². The third-order valence-electron chi connectivity index (χ3n) is 7.30. The summed E-state index contributed by atoms with van der Waals surface area (Å²) >= 11 is 0. The molecule has 0 saturated heterocycles. The van der Waals surface area contributed by atoms with Crippen molar-refractivity contribution in [3.8, 4) is 11.8 Å². The number of rotatable bonds is 8. The molecule has 1 aromatic carbocycles. The quantitative estimate of drug-likeness (QED) is 0.589. The van der Waals surface area contributed by atoms with Crippen LogP contribution in [0.2, 0.25) is 0 Å². The van der Waals surface area contributed by atoms with Gasteiger partial charge in [-0.2, -0.15) is 5.26 Å². The van der Waals surface area contributed by atoms with Crippen molar-refractivity contribution < 1.29 is 19.1 Å². The van der Waals surface area contributed by atoms with Crippen molar-refractivity contribution in [3.05, 3.63) is 29.8 Å². The molecule has 31 heavy (non-hydrogen) atoms. The highest BCUT2D eigenvalue weighted by molar-refractivity contribution is 5.82. The number of carbonyl (C=O) groups is 2. The van der Waals surface area contributed by atoms with Crippen molar-refractivity contribution in [1.82, 2.24) is 4.90 Å². The molecule has 1 atom stereocenters. The van der Waals surface area contributed by atoms with Crippen molar-refractivity contribution in [2.75, 3.05) is 13.2 Å². The highest BCUT2D eigenvalue weighted by atomic mass is 16.6. The van der Waals surface area contributed by atoms with Crippen LogP contribution >= 0.6 is 0 Å². The fraction of sp³-hybridized carbons (Fsp3) is 0.640. The molecule has 6 heteroatoms. The first-order chi connectivity index (χ1) is 14.9. The summed E-state index contributed by atoms with van der Waals surface area (Å²) in [5, 5.41) is 9.14. The molecule has 166 valence electrons. The zero-order chi connectivity index (χ0) is 22.0. The monoisotopic (exact) mass is 424 g/mol. The Morgan fingerprint density at radius 2 is 1.84 bits per heavy atom. The van der Waals surface area contributed by atoms with Gasteiger partial charge < -0.3 is 14.4 Å². The van der Waals surface area contributed by atoms with Crippen LogP contribution in [-0.2, 0) is 14.3 Å². The minimum absolute atomic E-state index is 0.154. The Balaban J connectivity index is 1.38. The summed E-state index contributed by atoms with van der Waals surface area (Å²) in [6.45, 7) is 3.69. The lowest BCUT2D eigenvalue weighted by Gasteiger charge is -2.60. The standard InChI is InChI=1S/C25H32N2O4/c1-17-5-3-6-22(9-17)31-18(2)24(29)30-16-23(28)27(8-4-7-26)25-13-19-10-20(14-25)12-21(11-19)15-25/h3,5-6,9,18-21H,4,8,10-16H2,1-2H3/t18-,19?,20?,21?,25?/m0/s1. The molecule has 1 amide bonds. The van der Waals surface area contributed by atoms with Gasteiger partial charge >= 0.3 is 5.97 Å². The zero-order valence-electron chi connectivity index (χ0n) is 18.5. The fourth-order valence-electron chi connectivity index (χ4n) is 6.45. The average Bonchev–Trinajstić information content (AvgIpc) is 2.71. The lowest BCUT2D eigenvalue weighted by atomic mass is 9.52. The number of ether oxygens (including phenoxy) is 2. The SMILES string of the molecule is Cc1cccc(O[C@@H](C)C(=O)OCC(=O)N(CCC#N)C23CC4CC(CC(C4)C2)C3)c1. The number of esters is 1. The number of aryl methyl sites for hydroxylation is 1. The van der Waals surface area contributed by atoms with Crippen molar-refractivity contribution in [2.45, 2.75) is 70.4 Å². The first-order valence-electron chi connectivity index (χ1n) is 11.5. The largest absolute Gasteiger partial charge is 0.479 e. The molecule has 0 radical (unpaired) electrons. The van der Waals surface area contributed by atoms with Crippen LogP contribution in [0.25, 0.3) is 0 Å². The summed E-state index contributed by atoms with van der Waals surface area (Å²) in [5.74, 6) is 1.92. The van der Waals surface area contributed by atoms with E-state index in [0.29, 0.717) is 36.5 Å². The predicted octanol–water partition coefficient (Wildman–Crippen LogP) is 4.02. The number of nitrogens with zero attached hydrogens (tertiary/aromatic N) is 2. The summed E-state index contributed by atoms with van der Waals surface area (Å²) < 4.78 is 11.0. The van der Waals surface area contributed by atoms with Crippen molar-refractivity contribution in [2.24, 2.45) is 17.8 Å². The van der Waals surface area contributed by atoms with Crippen LogP contribution in [0.1, 0.15) is 57.4 Å². The van der Waals surface area contributed by atoms with Crippen LogP contribution in [0.4, 0.5) is 0 Å². The molecule has 0 N–H and O–H groups in total. The van der Waals surface area contributed by atoms with Gasteiger partial charge in [0.15, 0.2) is 12.7 Å².